The van der Waals surface area contributed by atoms with Crippen LogP contribution >= 0.6 is 11.6 Å². The molecule has 0 radical (unpaired) electrons. The number of urea groups is 1. The van der Waals surface area contributed by atoms with Crippen molar-refractivity contribution >= 4 is 17.6 Å². The van der Waals surface area contributed by atoms with E-state index in [0.29, 0.717) is 22.5 Å². The molecule has 0 saturated heterocycles. The highest BCUT2D eigenvalue weighted by atomic mass is 35.5. The summed E-state index contributed by atoms with van der Waals surface area (Å²) in [6, 6.07) is 12.4. The molecule has 150 valence electrons. The maximum absolute atomic E-state index is 12.5. The van der Waals surface area contributed by atoms with Crippen molar-refractivity contribution in [2.45, 2.75) is 31.8 Å². The normalized spacial score (nSPS) is 16.2. The molecule has 0 spiro atoms. The minimum absolute atomic E-state index is 0.0375. The van der Waals surface area contributed by atoms with E-state index >= 15 is 0 Å². The molecule has 1 aromatic heterocycles. The van der Waals surface area contributed by atoms with Gasteiger partial charge in [0.2, 0.25) is 11.7 Å². The molecule has 1 heterocycles. The third-order valence-electron chi connectivity index (χ3n) is 4.98. The summed E-state index contributed by atoms with van der Waals surface area (Å²) in [5, 5.41) is 10.6. The first-order valence-electron chi connectivity index (χ1n) is 9.37. The van der Waals surface area contributed by atoms with Crippen molar-refractivity contribution in [3.63, 3.8) is 0 Å². The van der Waals surface area contributed by atoms with Gasteiger partial charge in [0.05, 0.1) is 13.2 Å². The Labute approximate surface area is 173 Å². The molecular formula is C21H21ClN4O3. The Morgan fingerprint density at radius 3 is 3.00 bits per heavy atom. The van der Waals surface area contributed by atoms with Crippen LogP contribution in [0.15, 0.2) is 47.0 Å². The number of rotatable bonds is 5. The number of nitrogens with one attached hydrogen (secondary N) is 2. The Morgan fingerprint density at radius 1 is 1.31 bits per heavy atom. The molecule has 3 aromatic rings. The first kappa shape index (κ1) is 19.3. The molecule has 2 aromatic carbocycles. The predicted molar refractivity (Wildman–Crippen MR) is 109 cm³/mol. The summed E-state index contributed by atoms with van der Waals surface area (Å²) in [6.45, 7) is 1.80. The smallest absolute Gasteiger partial charge is 0.315 e. The van der Waals surface area contributed by atoms with Crippen LogP contribution in [0.25, 0.3) is 11.4 Å². The Kier molecular flexibility index (Phi) is 5.40. The van der Waals surface area contributed by atoms with Crippen LogP contribution in [0, 0.1) is 0 Å². The highest BCUT2D eigenvalue weighted by molar-refractivity contribution is 6.30. The van der Waals surface area contributed by atoms with Crippen molar-refractivity contribution in [3.8, 4) is 17.1 Å². The van der Waals surface area contributed by atoms with Crippen molar-refractivity contribution in [2.24, 2.45) is 0 Å². The number of aryl methyl sites for hydroxylation is 1. The quantitative estimate of drug-likeness (QED) is 0.646. The average molecular weight is 413 g/mol. The molecule has 2 amide bonds. The molecule has 0 bridgehead atoms. The summed E-state index contributed by atoms with van der Waals surface area (Å²) in [4.78, 5) is 16.9. The van der Waals surface area contributed by atoms with E-state index in [-0.39, 0.29) is 12.1 Å². The molecule has 1 unspecified atom stereocenters. The lowest BCUT2D eigenvalue weighted by atomic mass is 10.1. The molecule has 1 aliphatic carbocycles. The standard InChI is InChI=1S/C21H21ClN4O3/c1-12(20-25-19(26-29-20)14-4-3-5-16(11-14)28-2)23-21(27)24-18-9-6-13-10-15(22)7-8-17(13)18/h3-5,7-8,10-12,18H,6,9H2,1-2H3,(H2,23,24,27)/t12?,18-/m1/s1. The second-order valence-corrected chi connectivity index (χ2v) is 7.40. The van der Waals surface area contributed by atoms with Crippen LogP contribution in [0.5, 0.6) is 5.75 Å². The van der Waals surface area contributed by atoms with Crippen LogP contribution in [0.2, 0.25) is 5.02 Å². The maximum atomic E-state index is 12.5. The molecule has 2 N–H and O–H groups in total. The summed E-state index contributed by atoms with van der Waals surface area (Å²) < 4.78 is 10.6. The summed E-state index contributed by atoms with van der Waals surface area (Å²) in [6.07, 6.45) is 1.74. The van der Waals surface area contributed by atoms with Crippen molar-refractivity contribution < 1.29 is 14.1 Å². The number of carbonyl (C=O) groups is 1. The number of benzene rings is 2. The van der Waals surface area contributed by atoms with Gasteiger partial charge in [-0.05, 0) is 55.2 Å². The fourth-order valence-electron chi connectivity index (χ4n) is 3.48. The van der Waals surface area contributed by atoms with Gasteiger partial charge in [-0.3, -0.25) is 0 Å². The van der Waals surface area contributed by atoms with Gasteiger partial charge < -0.3 is 19.9 Å². The van der Waals surface area contributed by atoms with E-state index in [0.717, 1.165) is 24.0 Å². The van der Waals surface area contributed by atoms with E-state index in [4.69, 9.17) is 20.9 Å². The molecule has 0 aliphatic heterocycles. The maximum Gasteiger partial charge on any atom is 0.315 e. The molecular weight excluding hydrogens is 392 g/mol. The lowest BCUT2D eigenvalue weighted by molar-refractivity contribution is 0.230. The molecule has 2 atom stereocenters. The van der Waals surface area contributed by atoms with Gasteiger partial charge in [-0.25, -0.2) is 4.79 Å². The number of halogens is 1. The zero-order valence-corrected chi connectivity index (χ0v) is 16.9. The monoisotopic (exact) mass is 412 g/mol. The first-order chi connectivity index (χ1) is 14.0. The highest BCUT2D eigenvalue weighted by Crippen LogP contribution is 2.32. The van der Waals surface area contributed by atoms with Crippen molar-refractivity contribution in [1.29, 1.82) is 0 Å². The van der Waals surface area contributed by atoms with Crippen LogP contribution in [-0.2, 0) is 6.42 Å². The van der Waals surface area contributed by atoms with Gasteiger partial charge in [-0.2, -0.15) is 4.98 Å². The third kappa shape index (κ3) is 4.19. The SMILES string of the molecule is COc1cccc(-c2noc(C(C)NC(=O)N[C@@H]3CCc4cc(Cl)ccc43)n2)c1. The van der Waals surface area contributed by atoms with Gasteiger partial charge in [0.25, 0.3) is 0 Å². The number of methoxy groups -OCH3 is 1. The van der Waals surface area contributed by atoms with Gasteiger partial charge in [-0.15, -0.1) is 0 Å². The number of fused-ring (bicyclic) bond motifs is 1. The van der Waals surface area contributed by atoms with E-state index in [1.165, 1.54) is 5.56 Å². The van der Waals surface area contributed by atoms with Crippen molar-refractivity contribution in [1.82, 2.24) is 20.8 Å². The fraction of sp³-hybridized carbons (Fsp3) is 0.286. The lowest BCUT2D eigenvalue weighted by Crippen LogP contribution is -2.38. The molecule has 7 nitrogen and oxygen atoms in total. The van der Waals surface area contributed by atoms with Crippen LogP contribution in [-0.4, -0.2) is 23.3 Å². The minimum Gasteiger partial charge on any atom is -0.497 e. The van der Waals surface area contributed by atoms with Crippen molar-refractivity contribution in [3.05, 3.63) is 64.5 Å². The second-order valence-electron chi connectivity index (χ2n) is 6.96. The summed E-state index contributed by atoms with van der Waals surface area (Å²) in [5.74, 6) is 1.48. The van der Waals surface area contributed by atoms with Crippen LogP contribution < -0.4 is 15.4 Å². The number of carbonyl (C=O) groups excluding carboxylic acids is 1. The Morgan fingerprint density at radius 2 is 2.17 bits per heavy atom. The minimum atomic E-state index is -0.437. The number of hydrogen-bond donors (Lipinski definition) is 2. The Hall–Kier alpha value is -3.06. The number of ether oxygens (including phenoxy) is 1. The molecule has 0 fully saturated rings. The molecule has 29 heavy (non-hydrogen) atoms. The zero-order chi connectivity index (χ0) is 20.4. The molecule has 8 heteroatoms. The number of nitrogens with zero attached hydrogens (tertiary/aromatic N) is 2. The highest BCUT2D eigenvalue weighted by Gasteiger charge is 2.25. The van der Waals surface area contributed by atoms with Gasteiger partial charge in [0.1, 0.15) is 11.8 Å². The predicted octanol–water partition coefficient (Wildman–Crippen LogP) is 4.45. The Bertz CT molecular complexity index is 1040. The Balaban J connectivity index is 1.39. The van der Waals surface area contributed by atoms with Gasteiger partial charge >= 0.3 is 6.03 Å². The molecule has 1 aliphatic rings. The van der Waals surface area contributed by atoms with Gasteiger partial charge in [-0.1, -0.05) is 35.0 Å². The molecule has 0 saturated carbocycles. The fourth-order valence-corrected chi connectivity index (χ4v) is 3.68. The largest absolute Gasteiger partial charge is 0.497 e. The lowest BCUT2D eigenvalue weighted by Gasteiger charge is -2.16. The van der Waals surface area contributed by atoms with Crippen LogP contribution in [0.1, 0.15) is 42.4 Å². The van der Waals surface area contributed by atoms with E-state index in [1.807, 2.05) is 42.5 Å². The number of amides is 2. The third-order valence-corrected chi connectivity index (χ3v) is 5.21. The van der Waals surface area contributed by atoms with Gasteiger partial charge in [0, 0.05) is 10.6 Å². The summed E-state index contributed by atoms with van der Waals surface area (Å²) in [5.41, 5.74) is 3.06. The topological polar surface area (TPSA) is 89.3 Å². The number of aromatic nitrogens is 2. The average Bonchev–Trinajstić information content (AvgIpc) is 3.35. The molecule has 4 rings (SSSR count). The second kappa shape index (κ2) is 8.13. The van der Waals surface area contributed by atoms with E-state index in [2.05, 4.69) is 20.8 Å². The van der Waals surface area contributed by atoms with Crippen LogP contribution in [0.4, 0.5) is 4.79 Å². The number of hydrogen-bond acceptors (Lipinski definition) is 5. The van der Waals surface area contributed by atoms with E-state index < -0.39 is 6.04 Å². The van der Waals surface area contributed by atoms with Gasteiger partial charge in [0.15, 0.2) is 0 Å². The zero-order valence-electron chi connectivity index (χ0n) is 16.1. The summed E-state index contributed by atoms with van der Waals surface area (Å²) >= 11 is 6.05. The first-order valence-corrected chi connectivity index (χ1v) is 9.74. The van der Waals surface area contributed by atoms with Crippen molar-refractivity contribution in [2.75, 3.05) is 7.11 Å². The summed E-state index contributed by atoms with van der Waals surface area (Å²) in [7, 11) is 1.60. The van der Waals surface area contributed by atoms with E-state index in [9.17, 15) is 4.79 Å². The van der Waals surface area contributed by atoms with E-state index in [1.54, 1.807) is 14.0 Å². The van der Waals surface area contributed by atoms with Crippen LogP contribution in [0.3, 0.4) is 0 Å².